The fourth-order valence-electron chi connectivity index (χ4n) is 4.60. The molecule has 0 radical (unpaired) electrons. The SMILES string of the molecule is CCc1cc2c(cc1C1CCN(C(=O)OC(C)(C)C)CC1)C(C)(C)C(=O)CC2. The van der Waals surface area contributed by atoms with Gasteiger partial charge in [-0.15, -0.1) is 0 Å². The summed E-state index contributed by atoms with van der Waals surface area (Å²) in [5, 5.41) is 0. The van der Waals surface area contributed by atoms with Crippen LogP contribution in [0, 0.1) is 0 Å². The number of ketones is 1. The van der Waals surface area contributed by atoms with Gasteiger partial charge in [-0.3, -0.25) is 4.79 Å². The number of hydrogen-bond acceptors (Lipinski definition) is 3. The minimum absolute atomic E-state index is 0.209. The van der Waals surface area contributed by atoms with Crippen LogP contribution in [0.4, 0.5) is 4.79 Å². The molecule has 4 nitrogen and oxygen atoms in total. The van der Waals surface area contributed by atoms with Gasteiger partial charge in [0.2, 0.25) is 0 Å². The van der Waals surface area contributed by atoms with Gasteiger partial charge in [0, 0.05) is 24.9 Å². The van der Waals surface area contributed by atoms with Gasteiger partial charge in [0.15, 0.2) is 0 Å². The van der Waals surface area contributed by atoms with Gasteiger partial charge in [-0.05, 0) is 88.5 Å². The summed E-state index contributed by atoms with van der Waals surface area (Å²) in [6.45, 7) is 13.5. The largest absolute Gasteiger partial charge is 0.444 e. The van der Waals surface area contributed by atoms with Crippen molar-refractivity contribution in [1.29, 1.82) is 0 Å². The lowest BCUT2D eigenvalue weighted by Gasteiger charge is -2.36. The van der Waals surface area contributed by atoms with Crippen LogP contribution in [0.2, 0.25) is 0 Å². The Morgan fingerprint density at radius 1 is 1.18 bits per heavy atom. The maximum absolute atomic E-state index is 12.5. The van der Waals surface area contributed by atoms with Crippen LogP contribution < -0.4 is 0 Å². The first kappa shape index (κ1) is 20.9. The Balaban J connectivity index is 1.81. The summed E-state index contributed by atoms with van der Waals surface area (Å²) in [5.41, 5.74) is 4.49. The van der Waals surface area contributed by atoms with Crippen LogP contribution in [0.15, 0.2) is 12.1 Å². The number of aryl methyl sites for hydroxylation is 2. The molecule has 1 amide bonds. The van der Waals surface area contributed by atoms with E-state index in [0.717, 1.165) is 38.8 Å². The lowest BCUT2D eigenvalue weighted by molar-refractivity contribution is -0.124. The average Bonchev–Trinajstić information content (AvgIpc) is 2.63. The Morgan fingerprint density at radius 3 is 2.39 bits per heavy atom. The first-order chi connectivity index (χ1) is 13.0. The minimum atomic E-state index is -0.458. The van der Waals surface area contributed by atoms with E-state index in [4.69, 9.17) is 4.74 Å². The van der Waals surface area contributed by atoms with E-state index in [2.05, 4.69) is 32.9 Å². The van der Waals surface area contributed by atoms with Gasteiger partial charge in [0.1, 0.15) is 11.4 Å². The van der Waals surface area contributed by atoms with Crippen LogP contribution in [0.5, 0.6) is 0 Å². The molecule has 1 heterocycles. The molecule has 3 rings (SSSR count). The fourth-order valence-corrected chi connectivity index (χ4v) is 4.60. The van der Waals surface area contributed by atoms with E-state index in [9.17, 15) is 9.59 Å². The predicted molar refractivity (Wildman–Crippen MR) is 112 cm³/mol. The monoisotopic (exact) mass is 385 g/mol. The van der Waals surface area contributed by atoms with Gasteiger partial charge in [-0.1, -0.05) is 19.1 Å². The van der Waals surface area contributed by atoms with Gasteiger partial charge in [0.05, 0.1) is 0 Å². The Labute approximate surface area is 169 Å². The van der Waals surface area contributed by atoms with E-state index < -0.39 is 11.0 Å². The summed E-state index contributed by atoms with van der Waals surface area (Å²) < 4.78 is 5.53. The van der Waals surface area contributed by atoms with Crippen molar-refractivity contribution in [2.24, 2.45) is 0 Å². The highest BCUT2D eigenvalue weighted by Gasteiger charge is 2.36. The molecule has 1 fully saturated rings. The Hall–Kier alpha value is -1.84. The zero-order chi connectivity index (χ0) is 20.7. The van der Waals surface area contributed by atoms with Gasteiger partial charge in [-0.25, -0.2) is 4.79 Å². The number of amides is 1. The number of carbonyl (C=O) groups excluding carboxylic acids is 2. The maximum atomic E-state index is 12.5. The Morgan fingerprint density at radius 2 is 1.82 bits per heavy atom. The zero-order valence-electron chi connectivity index (χ0n) is 18.4. The number of likely N-dealkylation sites (tertiary alicyclic amines) is 1. The predicted octanol–water partition coefficient (Wildman–Crippen LogP) is 5.16. The highest BCUT2D eigenvalue weighted by atomic mass is 16.6. The smallest absolute Gasteiger partial charge is 0.410 e. The van der Waals surface area contributed by atoms with Gasteiger partial charge < -0.3 is 9.64 Å². The highest BCUT2D eigenvalue weighted by Crippen LogP contribution is 2.40. The molecular formula is C24H35NO3. The normalized spacial score (nSPS) is 20.1. The third-order valence-electron chi connectivity index (χ3n) is 6.32. The zero-order valence-corrected chi connectivity index (χ0v) is 18.4. The molecule has 1 aromatic carbocycles. The van der Waals surface area contributed by atoms with Crippen LogP contribution in [0.25, 0.3) is 0 Å². The van der Waals surface area contributed by atoms with Crippen LogP contribution in [-0.4, -0.2) is 35.5 Å². The summed E-state index contributed by atoms with van der Waals surface area (Å²) in [6, 6.07) is 4.66. The number of rotatable bonds is 2. The third kappa shape index (κ3) is 4.11. The van der Waals surface area contributed by atoms with E-state index >= 15 is 0 Å². The Bertz CT molecular complexity index is 765. The quantitative estimate of drug-likeness (QED) is 0.707. The van der Waals surface area contributed by atoms with Crippen LogP contribution in [0.3, 0.4) is 0 Å². The van der Waals surface area contributed by atoms with E-state index in [-0.39, 0.29) is 6.09 Å². The molecule has 0 unspecified atom stereocenters. The summed E-state index contributed by atoms with van der Waals surface area (Å²) in [4.78, 5) is 26.7. The number of fused-ring (bicyclic) bond motifs is 1. The number of ether oxygens (including phenoxy) is 1. The Kier molecular flexibility index (Phi) is 5.62. The lowest BCUT2D eigenvalue weighted by Crippen LogP contribution is -2.41. The molecule has 154 valence electrons. The first-order valence-corrected chi connectivity index (χ1v) is 10.7. The molecular weight excluding hydrogens is 350 g/mol. The topological polar surface area (TPSA) is 46.6 Å². The highest BCUT2D eigenvalue weighted by molar-refractivity contribution is 5.91. The van der Waals surface area contributed by atoms with Crippen molar-refractivity contribution in [2.45, 2.75) is 90.6 Å². The molecule has 0 N–H and O–H groups in total. The molecule has 28 heavy (non-hydrogen) atoms. The molecule has 1 aliphatic heterocycles. The standard InChI is InChI=1S/C24H35NO3/c1-7-16-14-18-8-9-21(26)24(5,6)20(18)15-19(16)17-10-12-25(13-11-17)22(27)28-23(2,3)4/h14-15,17H,7-13H2,1-6H3. The van der Waals surface area contributed by atoms with Gasteiger partial charge in [0.25, 0.3) is 0 Å². The fraction of sp³-hybridized carbons (Fsp3) is 0.667. The van der Waals surface area contributed by atoms with Crippen molar-refractivity contribution in [3.8, 4) is 0 Å². The van der Waals surface area contributed by atoms with Crippen molar-refractivity contribution < 1.29 is 14.3 Å². The van der Waals surface area contributed by atoms with Crippen LogP contribution in [-0.2, 0) is 27.8 Å². The number of benzene rings is 1. The van der Waals surface area contributed by atoms with Crippen molar-refractivity contribution in [1.82, 2.24) is 4.90 Å². The molecule has 0 spiro atoms. The van der Waals surface area contributed by atoms with Crippen LogP contribution >= 0.6 is 0 Å². The van der Waals surface area contributed by atoms with E-state index in [1.807, 2.05) is 25.7 Å². The van der Waals surface area contributed by atoms with Gasteiger partial charge >= 0.3 is 6.09 Å². The molecule has 0 saturated carbocycles. The average molecular weight is 386 g/mol. The number of nitrogens with zero attached hydrogens (tertiary/aromatic N) is 1. The van der Waals surface area contributed by atoms with Crippen LogP contribution in [0.1, 0.15) is 89.0 Å². The lowest BCUT2D eigenvalue weighted by atomic mass is 9.69. The summed E-state index contributed by atoms with van der Waals surface area (Å²) in [7, 11) is 0. The van der Waals surface area contributed by atoms with Crippen molar-refractivity contribution in [3.63, 3.8) is 0 Å². The van der Waals surface area contributed by atoms with Crippen molar-refractivity contribution >= 4 is 11.9 Å². The number of hydrogen-bond donors (Lipinski definition) is 0. The molecule has 0 aromatic heterocycles. The second-order valence-corrected chi connectivity index (χ2v) is 9.85. The molecule has 0 atom stereocenters. The summed E-state index contributed by atoms with van der Waals surface area (Å²) in [6.07, 6.45) is 4.19. The minimum Gasteiger partial charge on any atom is -0.444 e. The van der Waals surface area contributed by atoms with E-state index in [1.54, 1.807) is 0 Å². The number of Topliss-reactive ketones (excluding diaryl/α,β-unsaturated/α-hetero) is 1. The maximum Gasteiger partial charge on any atom is 0.410 e. The molecule has 1 aliphatic carbocycles. The molecule has 4 heteroatoms. The third-order valence-corrected chi connectivity index (χ3v) is 6.32. The first-order valence-electron chi connectivity index (χ1n) is 10.7. The molecule has 1 aromatic rings. The van der Waals surface area contributed by atoms with E-state index in [0.29, 0.717) is 18.1 Å². The molecule has 0 bridgehead atoms. The van der Waals surface area contributed by atoms with Gasteiger partial charge in [-0.2, -0.15) is 0 Å². The molecule has 2 aliphatic rings. The number of piperidine rings is 1. The van der Waals surface area contributed by atoms with E-state index in [1.165, 1.54) is 22.3 Å². The second kappa shape index (κ2) is 7.53. The summed E-state index contributed by atoms with van der Waals surface area (Å²) >= 11 is 0. The number of carbonyl (C=O) groups is 2. The molecule has 1 saturated heterocycles. The van der Waals surface area contributed by atoms with Crippen molar-refractivity contribution in [2.75, 3.05) is 13.1 Å². The second-order valence-electron chi connectivity index (χ2n) is 9.85. The van der Waals surface area contributed by atoms with Crippen molar-refractivity contribution in [3.05, 3.63) is 34.4 Å². The summed E-state index contributed by atoms with van der Waals surface area (Å²) in [5.74, 6) is 0.779.